The van der Waals surface area contributed by atoms with Crippen molar-refractivity contribution in [2.24, 2.45) is 35.5 Å². The number of cyclic esters (lactones) is 1. The molecular formula is C40H63NO10. The summed E-state index contributed by atoms with van der Waals surface area (Å²) >= 11 is 0. The molecular weight excluding hydrogens is 654 g/mol. The van der Waals surface area contributed by atoms with E-state index in [-0.39, 0.29) is 90.5 Å². The lowest BCUT2D eigenvalue weighted by molar-refractivity contribution is -0.311. The molecule has 1 N–H and O–H groups in total. The zero-order chi connectivity index (χ0) is 36.6. The number of aliphatic hydroxyl groups excluding tert-OH is 1. The second kappa shape index (κ2) is 16.8. The Labute approximate surface area is 304 Å². The normalized spacial score (nSPS) is 46.4. The molecule has 0 bridgehead atoms. The van der Waals surface area contributed by atoms with Crippen molar-refractivity contribution in [2.45, 2.75) is 153 Å². The Balaban J connectivity index is 1.20. The molecule has 288 valence electrons. The molecule has 0 aromatic heterocycles. The molecule has 4 fully saturated rings. The van der Waals surface area contributed by atoms with Gasteiger partial charge in [-0.25, -0.2) is 0 Å². The van der Waals surface area contributed by atoms with Crippen molar-refractivity contribution in [1.82, 2.24) is 4.90 Å². The number of Topliss-reactive ketones (excluding diaryl/α,β-unsaturated/α-hetero) is 1. The zero-order valence-electron chi connectivity index (χ0n) is 32.0. The number of esters is 1. The SMILES string of the molecule is CC[C@H]1CCC[C@H](OC2CC[C@H](N(C)C)C(C)O2)[C@@H](C)C(=O)C2=C[C@@H]3[C@@H](C=C[C@@H]4C[C@@H](O[C@@H]5OC(C)[C@H](OC)C(O)C5OC)C[C@@H]34)[C@@H]2CC(=O)O1. The van der Waals surface area contributed by atoms with Gasteiger partial charge < -0.3 is 43.2 Å². The number of carbonyl (C=O) groups excluding carboxylic acids is 2. The fraction of sp³-hybridized carbons (Fsp3) is 0.850. The van der Waals surface area contributed by atoms with Gasteiger partial charge in [-0.1, -0.05) is 32.1 Å². The van der Waals surface area contributed by atoms with Gasteiger partial charge in [0.25, 0.3) is 0 Å². The summed E-state index contributed by atoms with van der Waals surface area (Å²) in [6.45, 7) is 8.04. The molecule has 3 heterocycles. The lowest BCUT2D eigenvalue weighted by atomic mass is 9.70. The standard InChI is InChI=1S/C40H63NO10/c1-9-25-11-10-12-33(51-35-16-15-32(41(5)6)22(3)47-35)21(2)36(43)31-19-29-27(30(31)20-34(42)49-25)14-13-24-17-26(18-28(24)29)50-40-39(46-8)37(44)38(45-7)23(4)48-40/h13-14,19,21-30,32-33,35,37-40,44H,9-12,15-18,20H2,1-8H3/t21-,22?,23?,24-,25+,26-,27-,28-,29-,30+,32+,33+,35?,37?,38+,39?,40+/m1/s1. The van der Waals surface area contributed by atoms with Crippen LogP contribution in [0.15, 0.2) is 23.8 Å². The van der Waals surface area contributed by atoms with Crippen LogP contribution >= 0.6 is 0 Å². The molecule has 6 rings (SSSR count). The minimum absolute atomic E-state index is 0.0264. The van der Waals surface area contributed by atoms with Crippen molar-refractivity contribution in [3.8, 4) is 0 Å². The van der Waals surface area contributed by atoms with Crippen LogP contribution in [0.2, 0.25) is 0 Å². The molecule has 1 saturated carbocycles. The Morgan fingerprint density at radius 1 is 0.902 bits per heavy atom. The Morgan fingerprint density at radius 2 is 1.67 bits per heavy atom. The highest BCUT2D eigenvalue weighted by atomic mass is 16.7. The van der Waals surface area contributed by atoms with Crippen molar-refractivity contribution in [1.29, 1.82) is 0 Å². The number of likely N-dealkylation sites (N-methyl/N-ethyl adjacent to an activating group) is 1. The quantitative estimate of drug-likeness (QED) is 0.275. The highest BCUT2D eigenvalue weighted by molar-refractivity contribution is 5.99. The summed E-state index contributed by atoms with van der Waals surface area (Å²) in [6, 6.07) is 0.334. The lowest BCUT2D eigenvalue weighted by Crippen LogP contribution is -2.59. The molecule has 3 aliphatic heterocycles. The van der Waals surface area contributed by atoms with E-state index < -0.39 is 24.6 Å². The van der Waals surface area contributed by atoms with Gasteiger partial charge in [0.1, 0.15) is 24.4 Å². The minimum atomic E-state index is -0.880. The molecule has 11 nitrogen and oxygen atoms in total. The summed E-state index contributed by atoms with van der Waals surface area (Å²) in [6.07, 6.45) is 9.22. The second-order valence-corrected chi connectivity index (χ2v) is 16.3. The van der Waals surface area contributed by atoms with Crippen molar-refractivity contribution in [3.63, 3.8) is 0 Å². The number of ether oxygens (including phenoxy) is 7. The van der Waals surface area contributed by atoms with Crippen molar-refractivity contribution >= 4 is 11.8 Å². The number of methoxy groups -OCH3 is 2. The first-order valence-corrected chi connectivity index (χ1v) is 19.6. The number of fused-ring (bicyclic) bond motifs is 5. The van der Waals surface area contributed by atoms with Gasteiger partial charge in [-0.15, -0.1) is 0 Å². The van der Waals surface area contributed by atoms with Gasteiger partial charge in [0, 0.05) is 32.1 Å². The molecule has 51 heavy (non-hydrogen) atoms. The third-order valence-corrected chi connectivity index (χ3v) is 13.0. The summed E-state index contributed by atoms with van der Waals surface area (Å²) in [5, 5.41) is 10.9. The number of hydrogen-bond donors (Lipinski definition) is 1. The molecule has 0 amide bonds. The molecule has 0 aromatic carbocycles. The molecule has 11 heteroatoms. The second-order valence-electron chi connectivity index (χ2n) is 16.3. The highest BCUT2D eigenvalue weighted by Gasteiger charge is 2.52. The van der Waals surface area contributed by atoms with Crippen LogP contribution < -0.4 is 0 Å². The first-order valence-electron chi connectivity index (χ1n) is 19.6. The van der Waals surface area contributed by atoms with Crippen LogP contribution in [0.3, 0.4) is 0 Å². The van der Waals surface area contributed by atoms with Gasteiger partial charge >= 0.3 is 5.97 Å². The maximum absolute atomic E-state index is 14.6. The predicted molar refractivity (Wildman–Crippen MR) is 189 cm³/mol. The van der Waals surface area contributed by atoms with Crippen molar-refractivity contribution < 1.29 is 47.9 Å². The van der Waals surface area contributed by atoms with Gasteiger partial charge in [0.15, 0.2) is 18.4 Å². The Morgan fingerprint density at radius 3 is 2.35 bits per heavy atom. The molecule has 3 saturated heterocycles. The monoisotopic (exact) mass is 717 g/mol. The van der Waals surface area contributed by atoms with Crippen LogP contribution in [0.4, 0.5) is 0 Å². The third-order valence-electron chi connectivity index (χ3n) is 13.0. The van der Waals surface area contributed by atoms with E-state index in [2.05, 4.69) is 51.1 Å². The summed E-state index contributed by atoms with van der Waals surface area (Å²) in [5.74, 6) is -0.141. The first kappa shape index (κ1) is 39.0. The van der Waals surface area contributed by atoms with E-state index in [1.54, 1.807) is 14.2 Å². The zero-order valence-corrected chi connectivity index (χ0v) is 32.0. The number of carbonyl (C=O) groups is 2. The molecule has 6 aliphatic rings. The maximum Gasteiger partial charge on any atom is 0.306 e. The van der Waals surface area contributed by atoms with Crippen molar-refractivity contribution in [3.05, 3.63) is 23.8 Å². The van der Waals surface area contributed by atoms with Crippen LogP contribution in [0.25, 0.3) is 0 Å². The predicted octanol–water partition coefficient (Wildman–Crippen LogP) is 4.83. The number of ketones is 1. The minimum Gasteiger partial charge on any atom is -0.462 e. The summed E-state index contributed by atoms with van der Waals surface area (Å²) in [7, 11) is 7.28. The van der Waals surface area contributed by atoms with E-state index in [0.717, 1.165) is 50.5 Å². The van der Waals surface area contributed by atoms with E-state index in [1.165, 1.54) is 0 Å². The van der Waals surface area contributed by atoms with Crippen LogP contribution in [0, 0.1) is 35.5 Å². The van der Waals surface area contributed by atoms with Gasteiger partial charge in [-0.3, -0.25) is 9.59 Å². The van der Waals surface area contributed by atoms with E-state index in [0.29, 0.717) is 12.5 Å². The van der Waals surface area contributed by atoms with E-state index in [9.17, 15) is 14.7 Å². The van der Waals surface area contributed by atoms with E-state index in [4.69, 9.17) is 33.2 Å². The van der Waals surface area contributed by atoms with E-state index >= 15 is 0 Å². The fourth-order valence-corrected chi connectivity index (χ4v) is 10.2. The number of hydrogen-bond acceptors (Lipinski definition) is 11. The smallest absolute Gasteiger partial charge is 0.306 e. The summed E-state index contributed by atoms with van der Waals surface area (Å²) in [4.78, 5) is 30.3. The van der Waals surface area contributed by atoms with Crippen LogP contribution in [0.1, 0.15) is 85.5 Å². The van der Waals surface area contributed by atoms with Gasteiger partial charge in [-0.2, -0.15) is 0 Å². The van der Waals surface area contributed by atoms with Crippen LogP contribution in [-0.2, 0) is 42.7 Å². The first-order chi connectivity index (χ1) is 24.4. The maximum atomic E-state index is 14.6. The Kier molecular flexibility index (Phi) is 12.8. The number of nitrogens with zero attached hydrogens (tertiary/aromatic N) is 1. The fourth-order valence-electron chi connectivity index (χ4n) is 10.2. The molecule has 3 aliphatic carbocycles. The lowest BCUT2D eigenvalue weighted by Gasteiger charge is -2.42. The van der Waals surface area contributed by atoms with Crippen LogP contribution in [-0.4, -0.2) is 118 Å². The molecule has 0 radical (unpaired) electrons. The largest absolute Gasteiger partial charge is 0.462 e. The van der Waals surface area contributed by atoms with Crippen molar-refractivity contribution in [2.75, 3.05) is 28.3 Å². The molecule has 5 unspecified atom stereocenters. The van der Waals surface area contributed by atoms with Gasteiger partial charge in [0.05, 0.1) is 30.8 Å². The third kappa shape index (κ3) is 8.21. The van der Waals surface area contributed by atoms with Gasteiger partial charge in [0.2, 0.25) is 0 Å². The average Bonchev–Trinajstić information content (AvgIpc) is 3.67. The Hall–Kier alpha value is -1.70. The molecule has 0 spiro atoms. The number of aliphatic hydroxyl groups is 1. The van der Waals surface area contributed by atoms with Gasteiger partial charge in [-0.05, 0) is 109 Å². The highest BCUT2D eigenvalue weighted by Crippen LogP contribution is 2.54. The molecule has 17 atom stereocenters. The summed E-state index contributed by atoms with van der Waals surface area (Å²) in [5.41, 5.74) is 0.745. The number of rotatable bonds is 8. The summed E-state index contributed by atoms with van der Waals surface area (Å²) < 4.78 is 43.0. The molecule has 0 aromatic rings. The topological polar surface area (TPSA) is 122 Å². The average molecular weight is 718 g/mol. The number of allylic oxidation sites excluding steroid dienone is 4. The van der Waals surface area contributed by atoms with E-state index in [1.807, 2.05) is 13.8 Å². The Bertz CT molecular complexity index is 1270. The van der Waals surface area contributed by atoms with Crippen LogP contribution in [0.5, 0.6) is 0 Å².